The lowest BCUT2D eigenvalue weighted by molar-refractivity contribution is -0.137. The highest BCUT2D eigenvalue weighted by molar-refractivity contribution is 5.88. The van der Waals surface area contributed by atoms with E-state index in [4.69, 9.17) is 18.9 Å². The lowest BCUT2D eigenvalue weighted by Gasteiger charge is -2.11. The smallest absolute Gasteiger partial charge is 0.330 e. The molecule has 0 saturated heterocycles. The number of rotatable bonds is 7. The number of hydrogen-bond donors (Lipinski definition) is 0. The molecule has 0 unspecified atom stereocenters. The van der Waals surface area contributed by atoms with Gasteiger partial charge in [-0.2, -0.15) is 0 Å². The molecule has 0 radical (unpaired) electrons. The number of methoxy groups -OCH3 is 2. The Morgan fingerprint density at radius 2 is 2.00 bits per heavy atom. The molecule has 0 heterocycles. The van der Waals surface area contributed by atoms with Gasteiger partial charge in [0.15, 0.2) is 6.79 Å². The highest BCUT2D eigenvalue weighted by Crippen LogP contribution is 2.29. The van der Waals surface area contributed by atoms with Crippen LogP contribution in [0.4, 0.5) is 0 Å². The predicted molar refractivity (Wildman–Crippen MR) is 71.2 cm³/mol. The van der Waals surface area contributed by atoms with Gasteiger partial charge in [-0.05, 0) is 25.1 Å². The molecule has 0 aromatic heterocycles. The van der Waals surface area contributed by atoms with Crippen LogP contribution in [0.1, 0.15) is 12.5 Å². The van der Waals surface area contributed by atoms with Crippen LogP contribution in [0, 0.1) is 0 Å². The molecule has 19 heavy (non-hydrogen) atoms. The maximum Gasteiger partial charge on any atom is 0.330 e. The Balaban J connectivity index is 2.97. The van der Waals surface area contributed by atoms with Crippen LogP contribution in [0.5, 0.6) is 11.5 Å². The van der Waals surface area contributed by atoms with Gasteiger partial charge < -0.3 is 18.9 Å². The van der Waals surface area contributed by atoms with E-state index >= 15 is 0 Å². The van der Waals surface area contributed by atoms with Crippen LogP contribution in [-0.2, 0) is 14.3 Å². The summed E-state index contributed by atoms with van der Waals surface area (Å²) in [5, 5.41) is 0. The molecule has 5 nitrogen and oxygen atoms in total. The zero-order valence-corrected chi connectivity index (χ0v) is 11.3. The SMILES string of the molecule is CCOC(=O)C=Cc1c(OC)cccc1OCOC. The fourth-order valence-corrected chi connectivity index (χ4v) is 1.46. The first-order valence-electron chi connectivity index (χ1n) is 5.86. The van der Waals surface area contributed by atoms with Gasteiger partial charge in [0.1, 0.15) is 11.5 Å². The second kappa shape index (κ2) is 8.16. The molecule has 0 aliphatic rings. The summed E-state index contributed by atoms with van der Waals surface area (Å²) >= 11 is 0. The largest absolute Gasteiger partial charge is 0.496 e. The lowest BCUT2D eigenvalue weighted by Crippen LogP contribution is -2.02. The van der Waals surface area contributed by atoms with Gasteiger partial charge in [-0.15, -0.1) is 0 Å². The van der Waals surface area contributed by atoms with Gasteiger partial charge in [-0.3, -0.25) is 0 Å². The monoisotopic (exact) mass is 266 g/mol. The molecule has 104 valence electrons. The summed E-state index contributed by atoms with van der Waals surface area (Å²) in [6.45, 7) is 2.21. The van der Waals surface area contributed by atoms with Crippen LogP contribution >= 0.6 is 0 Å². The van der Waals surface area contributed by atoms with Gasteiger partial charge in [0.2, 0.25) is 0 Å². The molecule has 1 aromatic carbocycles. The Morgan fingerprint density at radius 3 is 2.63 bits per heavy atom. The van der Waals surface area contributed by atoms with Crippen LogP contribution in [0.3, 0.4) is 0 Å². The van der Waals surface area contributed by atoms with Crippen molar-refractivity contribution in [1.82, 2.24) is 0 Å². The second-order valence-corrected chi connectivity index (χ2v) is 3.51. The molecule has 0 aliphatic carbocycles. The van der Waals surface area contributed by atoms with Gasteiger partial charge in [-0.25, -0.2) is 4.79 Å². The average Bonchev–Trinajstić information content (AvgIpc) is 2.43. The molecule has 0 spiro atoms. The van der Waals surface area contributed by atoms with Gasteiger partial charge in [0.25, 0.3) is 0 Å². The Labute approximate surface area is 112 Å². The third-order valence-corrected chi connectivity index (χ3v) is 2.25. The molecule has 0 atom stereocenters. The average molecular weight is 266 g/mol. The van der Waals surface area contributed by atoms with Crippen molar-refractivity contribution in [3.63, 3.8) is 0 Å². The van der Waals surface area contributed by atoms with E-state index in [1.807, 2.05) is 0 Å². The maximum absolute atomic E-state index is 11.3. The molecule has 5 heteroatoms. The molecule has 1 aromatic rings. The van der Waals surface area contributed by atoms with Crippen molar-refractivity contribution in [2.45, 2.75) is 6.92 Å². The molecular weight excluding hydrogens is 248 g/mol. The Hall–Kier alpha value is -2.01. The predicted octanol–water partition coefficient (Wildman–Crippen LogP) is 2.25. The first kappa shape index (κ1) is 15.0. The van der Waals surface area contributed by atoms with Gasteiger partial charge in [0.05, 0.1) is 19.3 Å². The standard InChI is InChI=1S/C14H18O5/c1-4-18-14(15)9-8-11-12(17-3)6-5-7-13(11)19-10-16-2/h5-9H,4,10H2,1-3H3. The number of benzene rings is 1. The number of carbonyl (C=O) groups is 1. The highest BCUT2D eigenvalue weighted by atomic mass is 16.7. The highest BCUT2D eigenvalue weighted by Gasteiger charge is 2.08. The number of hydrogen-bond acceptors (Lipinski definition) is 5. The van der Waals surface area contributed by atoms with Crippen molar-refractivity contribution >= 4 is 12.0 Å². The van der Waals surface area contributed by atoms with Crippen LogP contribution in [-0.4, -0.2) is 33.6 Å². The first-order valence-corrected chi connectivity index (χ1v) is 5.86. The fourth-order valence-electron chi connectivity index (χ4n) is 1.46. The van der Waals surface area contributed by atoms with Gasteiger partial charge in [-0.1, -0.05) is 6.07 Å². The molecular formula is C14H18O5. The summed E-state index contributed by atoms with van der Waals surface area (Å²) in [4.78, 5) is 11.3. The van der Waals surface area contributed by atoms with E-state index in [2.05, 4.69) is 0 Å². The minimum atomic E-state index is -0.411. The van der Waals surface area contributed by atoms with E-state index in [1.54, 1.807) is 38.3 Å². The maximum atomic E-state index is 11.3. The fraction of sp³-hybridized carbons (Fsp3) is 0.357. The van der Waals surface area contributed by atoms with Crippen molar-refractivity contribution in [3.8, 4) is 11.5 Å². The molecule has 0 bridgehead atoms. The van der Waals surface area contributed by atoms with E-state index in [0.29, 0.717) is 23.7 Å². The van der Waals surface area contributed by atoms with Gasteiger partial charge >= 0.3 is 5.97 Å². The van der Waals surface area contributed by atoms with Crippen molar-refractivity contribution in [3.05, 3.63) is 29.8 Å². The number of carbonyl (C=O) groups excluding carboxylic acids is 1. The van der Waals surface area contributed by atoms with Crippen molar-refractivity contribution < 1.29 is 23.7 Å². The molecule has 0 fully saturated rings. The summed E-state index contributed by atoms with van der Waals surface area (Å²) in [6.07, 6.45) is 2.93. The van der Waals surface area contributed by atoms with E-state index in [-0.39, 0.29) is 6.79 Å². The molecule has 0 saturated carbocycles. The third-order valence-electron chi connectivity index (χ3n) is 2.25. The topological polar surface area (TPSA) is 54.0 Å². The van der Waals surface area contributed by atoms with E-state index in [0.717, 1.165) is 0 Å². The summed E-state index contributed by atoms with van der Waals surface area (Å²) in [5.74, 6) is 0.766. The Kier molecular flexibility index (Phi) is 6.46. The quantitative estimate of drug-likeness (QED) is 0.430. The normalized spacial score (nSPS) is 10.5. The minimum Gasteiger partial charge on any atom is -0.496 e. The molecule has 0 N–H and O–H groups in total. The van der Waals surface area contributed by atoms with Crippen molar-refractivity contribution in [2.24, 2.45) is 0 Å². The minimum absolute atomic E-state index is 0.118. The van der Waals surface area contributed by atoms with Crippen LogP contribution < -0.4 is 9.47 Å². The molecule has 0 aliphatic heterocycles. The van der Waals surface area contributed by atoms with E-state index in [1.165, 1.54) is 13.2 Å². The summed E-state index contributed by atoms with van der Waals surface area (Å²) < 4.78 is 20.3. The lowest BCUT2D eigenvalue weighted by atomic mass is 10.1. The zero-order valence-electron chi connectivity index (χ0n) is 11.3. The second-order valence-electron chi connectivity index (χ2n) is 3.51. The number of esters is 1. The Morgan fingerprint density at radius 1 is 1.26 bits per heavy atom. The zero-order chi connectivity index (χ0) is 14.1. The summed E-state index contributed by atoms with van der Waals surface area (Å²) in [5.41, 5.74) is 0.662. The third kappa shape index (κ3) is 4.63. The van der Waals surface area contributed by atoms with Crippen molar-refractivity contribution in [1.29, 1.82) is 0 Å². The van der Waals surface area contributed by atoms with Crippen LogP contribution in [0.2, 0.25) is 0 Å². The molecule has 0 amide bonds. The van der Waals surface area contributed by atoms with Crippen LogP contribution in [0.25, 0.3) is 6.08 Å². The van der Waals surface area contributed by atoms with Gasteiger partial charge in [0, 0.05) is 13.2 Å². The number of ether oxygens (including phenoxy) is 4. The molecule has 1 rings (SSSR count). The van der Waals surface area contributed by atoms with E-state index in [9.17, 15) is 4.79 Å². The van der Waals surface area contributed by atoms with E-state index < -0.39 is 5.97 Å². The van der Waals surface area contributed by atoms with Crippen LogP contribution in [0.15, 0.2) is 24.3 Å². The van der Waals surface area contributed by atoms with Crippen molar-refractivity contribution in [2.75, 3.05) is 27.6 Å². The summed E-state index contributed by atoms with van der Waals surface area (Å²) in [7, 11) is 3.09. The Bertz CT molecular complexity index is 439. The first-order chi connectivity index (χ1) is 9.22. The summed E-state index contributed by atoms with van der Waals surface area (Å²) in [6, 6.07) is 5.35.